The van der Waals surface area contributed by atoms with Crippen molar-refractivity contribution in [1.29, 1.82) is 0 Å². The summed E-state index contributed by atoms with van der Waals surface area (Å²) in [4.78, 5) is 11.7. The molecule has 0 aliphatic heterocycles. The zero-order chi connectivity index (χ0) is 22.1. The maximum atomic E-state index is 13.7. The fraction of sp³-hybridized carbons (Fsp3) is 0.167. The summed E-state index contributed by atoms with van der Waals surface area (Å²) in [5, 5.41) is 8.55. The normalized spacial score (nSPS) is 12.0. The molecule has 0 aliphatic rings. The minimum atomic E-state index is -4.89. The number of hydrogen-bond donors (Lipinski definition) is 1. The lowest BCUT2D eigenvalue weighted by Crippen LogP contribution is -2.15. The molecule has 0 unspecified atom stereocenters. The summed E-state index contributed by atoms with van der Waals surface area (Å²) in [6, 6.07) is 9.06. The van der Waals surface area contributed by atoms with Crippen LogP contribution >= 0.6 is 0 Å². The van der Waals surface area contributed by atoms with Crippen molar-refractivity contribution in [3.8, 4) is 11.5 Å². The molecule has 30 heavy (non-hydrogen) atoms. The molecule has 0 bridgehead atoms. The molecule has 1 aromatic heterocycles. The first-order valence-corrected chi connectivity index (χ1v) is 10.1. The van der Waals surface area contributed by atoms with Gasteiger partial charge in [-0.15, -0.1) is 10.2 Å². The van der Waals surface area contributed by atoms with Crippen LogP contribution in [0.5, 0.6) is 0 Å². The van der Waals surface area contributed by atoms with Gasteiger partial charge in [-0.3, -0.25) is 4.79 Å². The molecule has 0 atom stereocenters. The van der Waals surface area contributed by atoms with Gasteiger partial charge in [-0.05, 0) is 29.8 Å². The van der Waals surface area contributed by atoms with E-state index >= 15 is 0 Å². The third-order valence-electron chi connectivity index (χ3n) is 3.87. The number of rotatable bonds is 5. The number of amides is 1. The van der Waals surface area contributed by atoms with Crippen LogP contribution < -0.4 is 5.32 Å². The van der Waals surface area contributed by atoms with E-state index in [9.17, 15) is 30.8 Å². The van der Waals surface area contributed by atoms with Crippen LogP contribution in [0.25, 0.3) is 11.5 Å². The van der Waals surface area contributed by atoms with Gasteiger partial charge in [0.05, 0.1) is 16.9 Å². The summed E-state index contributed by atoms with van der Waals surface area (Å²) in [6.07, 6.45) is -4.36. The summed E-state index contributed by atoms with van der Waals surface area (Å²) in [6.45, 7) is 0. The number of carbonyl (C=O) groups is 1. The molecule has 0 spiro atoms. The molecule has 12 heteroatoms. The highest BCUT2D eigenvalue weighted by atomic mass is 32.2. The predicted molar refractivity (Wildman–Crippen MR) is 96.6 cm³/mol. The number of sulfone groups is 1. The molecule has 1 amide bonds. The standard InChI is InChI=1S/C18H13F4N3O4S/c1-30(27,28)14-9-11(23-15(26)8-10-4-2-3-5-13(10)19)6-7-12(14)16-24-25-17(29-16)18(20,21)22/h2-7,9H,8H2,1H3,(H,23,26). The third kappa shape index (κ3) is 4.82. The van der Waals surface area contributed by atoms with Crippen molar-refractivity contribution in [2.45, 2.75) is 17.5 Å². The quantitative estimate of drug-likeness (QED) is 0.606. The Kier molecular flexibility index (Phi) is 5.61. The van der Waals surface area contributed by atoms with Crippen molar-refractivity contribution in [1.82, 2.24) is 10.2 Å². The van der Waals surface area contributed by atoms with Crippen LogP contribution in [0.2, 0.25) is 0 Å². The van der Waals surface area contributed by atoms with E-state index in [1.54, 1.807) is 6.07 Å². The van der Waals surface area contributed by atoms with E-state index in [1.807, 2.05) is 0 Å². The Labute approximate surface area is 167 Å². The smallest absolute Gasteiger partial charge is 0.413 e. The molecule has 0 aliphatic carbocycles. The number of aromatic nitrogens is 2. The van der Waals surface area contributed by atoms with E-state index in [1.165, 1.54) is 24.3 Å². The number of nitrogens with one attached hydrogen (secondary N) is 1. The highest BCUT2D eigenvalue weighted by Crippen LogP contribution is 2.33. The molecule has 3 aromatic rings. The molecule has 1 N–H and O–H groups in total. The molecular weight excluding hydrogens is 430 g/mol. The first-order chi connectivity index (χ1) is 13.9. The molecule has 0 saturated carbocycles. The zero-order valence-corrected chi connectivity index (χ0v) is 16.0. The lowest BCUT2D eigenvalue weighted by molar-refractivity contribution is -0.157. The second-order valence-electron chi connectivity index (χ2n) is 6.21. The Morgan fingerprint density at radius 3 is 2.43 bits per heavy atom. The largest absolute Gasteiger partial charge is 0.470 e. The minimum Gasteiger partial charge on any atom is -0.413 e. The van der Waals surface area contributed by atoms with Crippen LogP contribution in [0.15, 0.2) is 51.8 Å². The average molecular weight is 443 g/mol. The van der Waals surface area contributed by atoms with Crippen molar-refractivity contribution >= 4 is 21.4 Å². The van der Waals surface area contributed by atoms with E-state index < -0.39 is 44.4 Å². The van der Waals surface area contributed by atoms with Crippen molar-refractivity contribution in [2.75, 3.05) is 11.6 Å². The maximum absolute atomic E-state index is 13.7. The molecule has 0 radical (unpaired) electrons. The zero-order valence-electron chi connectivity index (χ0n) is 15.2. The van der Waals surface area contributed by atoms with E-state index in [0.29, 0.717) is 0 Å². The summed E-state index contributed by atoms with van der Waals surface area (Å²) in [5.41, 5.74) is -0.0795. The second-order valence-corrected chi connectivity index (χ2v) is 8.19. The van der Waals surface area contributed by atoms with Crippen molar-refractivity contribution in [3.05, 3.63) is 59.7 Å². The molecule has 3 rings (SSSR count). The van der Waals surface area contributed by atoms with Crippen LogP contribution in [-0.2, 0) is 27.2 Å². The molecule has 2 aromatic carbocycles. The SMILES string of the molecule is CS(=O)(=O)c1cc(NC(=O)Cc2ccccc2F)ccc1-c1nnc(C(F)(F)F)o1. The summed E-state index contributed by atoms with van der Waals surface area (Å²) in [7, 11) is -3.95. The molecule has 7 nitrogen and oxygen atoms in total. The van der Waals surface area contributed by atoms with Gasteiger partial charge in [0, 0.05) is 11.9 Å². The van der Waals surface area contributed by atoms with Crippen LogP contribution in [0.3, 0.4) is 0 Å². The summed E-state index contributed by atoms with van der Waals surface area (Å²) < 4.78 is 80.5. The number of halogens is 4. The number of hydrogen-bond acceptors (Lipinski definition) is 6. The van der Waals surface area contributed by atoms with Gasteiger partial charge in [-0.2, -0.15) is 13.2 Å². The molecule has 1 heterocycles. The number of alkyl halides is 3. The van der Waals surface area contributed by atoms with Crippen LogP contribution in [0.4, 0.5) is 23.2 Å². The highest BCUT2D eigenvalue weighted by Gasteiger charge is 2.38. The number of carbonyl (C=O) groups excluding carboxylic acids is 1. The third-order valence-corrected chi connectivity index (χ3v) is 5.01. The van der Waals surface area contributed by atoms with E-state index in [4.69, 9.17) is 0 Å². The Hall–Kier alpha value is -3.28. The summed E-state index contributed by atoms with van der Waals surface area (Å²) >= 11 is 0. The molecule has 158 valence electrons. The summed E-state index contributed by atoms with van der Waals surface area (Å²) in [5.74, 6) is -3.47. The Bertz CT molecular complexity index is 1210. The van der Waals surface area contributed by atoms with Gasteiger partial charge >= 0.3 is 12.1 Å². The van der Waals surface area contributed by atoms with Crippen LogP contribution in [0.1, 0.15) is 11.5 Å². The van der Waals surface area contributed by atoms with Crippen LogP contribution in [0, 0.1) is 5.82 Å². The lowest BCUT2D eigenvalue weighted by atomic mass is 10.1. The fourth-order valence-corrected chi connectivity index (χ4v) is 3.45. The Balaban J connectivity index is 1.91. The number of nitrogens with zero attached hydrogens (tertiary/aromatic N) is 2. The minimum absolute atomic E-state index is 0.0380. The topological polar surface area (TPSA) is 102 Å². The predicted octanol–water partition coefficient (Wildman–Crippen LogP) is 3.48. The van der Waals surface area contributed by atoms with Gasteiger partial charge in [-0.25, -0.2) is 12.8 Å². The van der Waals surface area contributed by atoms with Gasteiger partial charge in [0.15, 0.2) is 9.84 Å². The first kappa shape index (κ1) is 21.4. The Morgan fingerprint density at radius 2 is 1.83 bits per heavy atom. The van der Waals surface area contributed by atoms with E-state index in [-0.39, 0.29) is 23.2 Å². The molecule has 0 fully saturated rings. The number of anilines is 1. The fourth-order valence-electron chi connectivity index (χ4n) is 2.55. The monoisotopic (exact) mass is 443 g/mol. The first-order valence-electron chi connectivity index (χ1n) is 8.23. The van der Waals surface area contributed by atoms with Crippen molar-refractivity contribution in [2.24, 2.45) is 0 Å². The number of benzene rings is 2. The van der Waals surface area contributed by atoms with Crippen LogP contribution in [-0.4, -0.2) is 30.8 Å². The lowest BCUT2D eigenvalue weighted by Gasteiger charge is -2.10. The Morgan fingerprint density at radius 1 is 1.13 bits per heavy atom. The van der Waals surface area contributed by atoms with Gasteiger partial charge in [0.1, 0.15) is 5.82 Å². The van der Waals surface area contributed by atoms with Gasteiger partial charge in [-0.1, -0.05) is 18.2 Å². The average Bonchev–Trinajstić information content (AvgIpc) is 3.13. The van der Waals surface area contributed by atoms with E-state index in [0.717, 1.165) is 18.4 Å². The van der Waals surface area contributed by atoms with Crippen molar-refractivity contribution in [3.63, 3.8) is 0 Å². The van der Waals surface area contributed by atoms with Gasteiger partial charge in [0.25, 0.3) is 0 Å². The molecular formula is C18H13F4N3O4S. The van der Waals surface area contributed by atoms with Crippen molar-refractivity contribution < 1.29 is 35.2 Å². The molecule has 0 saturated heterocycles. The highest BCUT2D eigenvalue weighted by molar-refractivity contribution is 7.90. The van der Waals surface area contributed by atoms with Gasteiger partial charge < -0.3 is 9.73 Å². The van der Waals surface area contributed by atoms with E-state index in [2.05, 4.69) is 19.9 Å². The second kappa shape index (κ2) is 7.86. The van der Waals surface area contributed by atoms with Gasteiger partial charge in [0.2, 0.25) is 11.8 Å². The maximum Gasteiger partial charge on any atom is 0.470 e.